The molecule has 0 radical (unpaired) electrons. The number of carbonyl (C=O) groups excluding carboxylic acids is 2. The lowest BCUT2D eigenvalue weighted by atomic mass is 9.96. The van der Waals surface area contributed by atoms with E-state index in [0.717, 1.165) is 11.1 Å². The van der Waals surface area contributed by atoms with Gasteiger partial charge in [0.1, 0.15) is 11.6 Å². The first kappa shape index (κ1) is 22.6. The molecule has 3 aromatic rings. The highest BCUT2D eigenvalue weighted by Gasteiger charge is 2.28. The molecular formula is C26H25F2N3O2. The molecule has 0 unspecified atom stereocenters. The van der Waals surface area contributed by atoms with E-state index in [-0.39, 0.29) is 29.5 Å². The maximum Gasteiger partial charge on any atom is 0.321 e. The number of halogens is 2. The summed E-state index contributed by atoms with van der Waals surface area (Å²) in [5, 5.41) is 2.87. The van der Waals surface area contributed by atoms with Gasteiger partial charge in [0.05, 0.1) is 6.04 Å². The molecule has 1 heterocycles. The second-order valence-corrected chi connectivity index (χ2v) is 8.09. The van der Waals surface area contributed by atoms with Gasteiger partial charge in [-0.2, -0.15) is 0 Å². The van der Waals surface area contributed by atoms with Crippen LogP contribution in [-0.4, -0.2) is 47.8 Å². The highest BCUT2D eigenvalue weighted by atomic mass is 19.1. The van der Waals surface area contributed by atoms with Crippen molar-refractivity contribution in [1.82, 2.24) is 9.80 Å². The van der Waals surface area contributed by atoms with Crippen LogP contribution in [0.2, 0.25) is 0 Å². The normalized spacial score (nSPS) is 14.4. The maximum atomic E-state index is 13.5. The molecule has 7 heteroatoms. The van der Waals surface area contributed by atoms with Crippen molar-refractivity contribution >= 4 is 17.5 Å². The third-order valence-corrected chi connectivity index (χ3v) is 5.88. The molecule has 0 aliphatic carbocycles. The van der Waals surface area contributed by atoms with Crippen LogP contribution in [0.15, 0.2) is 72.8 Å². The quantitative estimate of drug-likeness (QED) is 0.551. The van der Waals surface area contributed by atoms with Gasteiger partial charge >= 0.3 is 6.03 Å². The van der Waals surface area contributed by atoms with Crippen molar-refractivity contribution < 1.29 is 18.4 Å². The molecule has 0 spiro atoms. The van der Waals surface area contributed by atoms with E-state index in [1.807, 2.05) is 0 Å². The zero-order valence-corrected chi connectivity index (χ0v) is 18.3. The Kier molecular flexibility index (Phi) is 6.79. The smallest absolute Gasteiger partial charge is 0.321 e. The van der Waals surface area contributed by atoms with Crippen LogP contribution < -0.4 is 5.32 Å². The Morgan fingerprint density at radius 2 is 1.24 bits per heavy atom. The first-order chi connectivity index (χ1) is 15.9. The van der Waals surface area contributed by atoms with Gasteiger partial charge in [0.2, 0.25) is 0 Å². The van der Waals surface area contributed by atoms with Crippen LogP contribution in [0, 0.1) is 11.6 Å². The van der Waals surface area contributed by atoms with Crippen molar-refractivity contribution in [3.05, 3.63) is 101 Å². The summed E-state index contributed by atoms with van der Waals surface area (Å²) in [4.78, 5) is 28.1. The summed E-state index contributed by atoms with van der Waals surface area (Å²) >= 11 is 0. The van der Waals surface area contributed by atoms with Crippen LogP contribution in [0.1, 0.15) is 34.5 Å². The molecule has 1 aliphatic heterocycles. The Hall–Kier alpha value is -3.58. The van der Waals surface area contributed by atoms with E-state index in [1.165, 1.54) is 31.2 Å². The summed E-state index contributed by atoms with van der Waals surface area (Å²) in [5.74, 6) is -0.648. The van der Waals surface area contributed by atoms with Gasteiger partial charge in [-0.3, -0.25) is 9.69 Å². The monoisotopic (exact) mass is 449 g/mol. The molecule has 0 bridgehead atoms. The standard InChI is InChI=1S/C26H25F2N3O2/c1-18(32)19-6-12-24(13-7-19)29-26(33)31-16-14-30(15-17-31)25(20-2-8-22(27)9-3-20)21-4-10-23(28)11-5-21/h2-13,25H,14-17H2,1H3,(H,29,33). The molecule has 1 N–H and O–H groups in total. The van der Waals surface area contributed by atoms with E-state index in [0.29, 0.717) is 37.4 Å². The van der Waals surface area contributed by atoms with E-state index in [9.17, 15) is 18.4 Å². The van der Waals surface area contributed by atoms with Crippen LogP contribution in [0.4, 0.5) is 19.3 Å². The number of hydrogen-bond donors (Lipinski definition) is 1. The molecule has 4 rings (SSSR count). The minimum Gasteiger partial charge on any atom is -0.322 e. The predicted octanol–water partition coefficient (Wildman–Crippen LogP) is 5.11. The van der Waals surface area contributed by atoms with Gasteiger partial charge in [-0.25, -0.2) is 13.6 Å². The van der Waals surface area contributed by atoms with Crippen molar-refractivity contribution in [3.8, 4) is 0 Å². The highest BCUT2D eigenvalue weighted by molar-refractivity contribution is 5.95. The SMILES string of the molecule is CC(=O)c1ccc(NC(=O)N2CCN(C(c3ccc(F)cc3)c3ccc(F)cc3)CC2)cc1. The Balaban J connectivity index is 1.44. The molecule has 2 amide bonds. The van der Waals surface area contributed by atoms with Gasteiger partial charge in [0.15, 0.2) is 5.78 Å². The Labute approximate surface area is 191 Å². The van der Waals surface area contributed by atoms with Crippen molar-refractivity contribution in [2.24, 2.45) is 0 Å². The summed E-state index contributed by atoms with van der Waals surface area (Å²) in [6.45, 7) is 3.73. The van der Waals surface area contributed by atoms with Crippen LogP contribution >= 0.6 is 0 Å². The zero-order valence-electron chi connectivity index (χ0n) is 18.3. The largest absolute Gasteiger partial charge is 0.322 e. The fraction of sp³-hybridized carbons (Fsp3) is 0.231. The van der Waals surface area contributed by atoms with Gasteiger partial charge in [-0.1, -0.05) is 24.3 Å². The van der Waals surface area contributed by atoms with E-state index < -0.39 is 0 Å². The first-order valence-electron chi connectivity index (χ1n) is 10.8. The minimum absolute atomic E-state index is 0.0270. The molecule has 33 heavy (non-hydrogen) atoms. The second-order valence-electron chi connectivity index (χ2n) is 8.09. The lowest BCUT2D eigenvalue weighted by molar-refractivity contribution is 0.101. The fourth-order valence-corrected chi connectivity index (χ4v) is 4.08. The third-order valence-electron chi connectivity index (χ3n) is 5.88. The molecule has 5 nitrogen and oxygen atoms in total. The lowest BCUT2D eigenvalue weighted by Crippen LogP contribution is -2.51. The molecule has 0 saturated carbocycles. The molecule has 0 aromatic heterocycles. The molecule has 170 valence electrons. The molecule has 1 fully saturated rings. The van der Waals surface area contributed by atoms with E-state index in [4.69, 9.17) is 0 Å². The first-order valence-corrected chi connectivity index (χ1v) is 10.8. The van der Waals surface area contributed by atoms with Gasteiger partial charge in [-0.15, -0.1) is 0 Å². The Morgan fingerprint density at radius 3 is 1.70 bits per heavy atom. The Morgan fingerprint density at radius 1 is 0.758 bits per heavy atom. The molecule has 0 atom stereocenters. The lowest BCUT2D eigenvalue weighted by Gasteiger charge is -2.39. The summed E-state index contributed by atoms with van der Waals surface area (Å²) in [5.41, 5.74) is 3.04. The number of nitrogens with one attached hydrogen (secondary N) is 1. The molecular weight excluding hydrogens is 424 g/mol. The van der Waals surface area contributed by atoms with Crippen LogP contribution in [0.25, 0.3) is 0 Å². The number of rotatable bonds is 5. The third kappa shape index (κ3) is 5.43. The summed E-state index contributed by atoms with van der Waals surface area (Å²) in [6, 6.07) is 19.1. The summed E-state index contributed by atoms with van der Waals surface area (Å²) in [6.07, 6.45) is 0. The summed E-state index contributed by atoms with van der Waals surface area (Å²) in [7, 11) is 0. The second kappa shape index (κ2) is 9.92. The number of piperazine rings is 1. The van der Waals surface area contributed by atoms with E-state index >= 15 is 0 Å². The highest BCUT2D eigenvalue weighted by Crippen LogP contribution is 2.30. The van der Waals surface area contributed by atoms with Crippen molar-refractivity contribution in [2.45, 2.75) is 13.0 Å². The average Bonchev–Trinajstić information content (AvgIpc) is 2.82. The van der Waals surface area contributed by atoms with E-state index in [2.05, 4.69) is 10.2 Å². The topological polar surface area (TPSA) is 52.7 Å². The number of carbonyl (C=O) groups is 2. The van der Waals surface area contributed by atoms with E-state index in [1.54, 1.807) is 53.4 Å². The molecule has 1 aliphatic rings. The zero-order chi connectivity index (χ0) is 23.4. The fourth-order valence-electron chi connectivity index (χ4n) is 4.08. The number of urea groups is 1. The van der Waals surface area contributed by atoms with Gasteiger partial charge in [-0.05, 0) is 66.6 Å². The Bertz CT molecular complexity index is 1060. The number of benzene rings is 3. The summed E-state index contributed by atoms with van der Waals surface area (Å²) < 4.78 is 27.0. The van der Waals surface area contributed by atoms with Crippen molar-refractivity contribution in [1.29, 1.82) is 0 Å². The van der Waals surface area contributed by atoms with Crippen LogP contribution in [-0.2, 0) is 0 Å². The average molecular weight is 450 g/mol. The number of anilines is 1. The predicted molar refractivity (Wildman–Crippen MR) is 123 cm³/mol. The van der Waals surface area contributed by atoms with Crippen molar-refractivity contribution in [3.63, 3.8) is 0 Å². The maximum absolute atomic E-state index is 13.5. The number of nitrogens with zero attached hydrogens (tertiary/aromatic N) is 2. The number of hydrogen-bond acceptors (Lipinski definition) is 3. The van der Waals surface area contributed by atoms with Crippen molar-refractivity contribution in [2.75, 3.05) is 31.5 Å². The number of Topliss-reactive ketones (excluding diaryl/α,β-unsaturated/α-hetero) is 1. The molecule has 3 aromatic carbocycles. The van der Waals surface area contributed by atoms with Gasteiger partial charge < -0.3 is 10.2 Å². The van der Waals surface area contributed by atoms with Gasteiger partial charge in [0.25, 0.3) is 0 Å². The van der Waals surface area contributed by atoms with Crippen LogP contribution in [0.3, 0.4) is 0 Å². The van der Waals surface area contributed by atoms with Gasteiger partial charge in [0, 0.05) is 37.4 Å². The molecule has 1 saturated heterocycles. The minimum atomic E-state index is -0.311. The number of ketones is 1. The number of amides is 2. The van der Waals surface area contributed by atoms with Crippen LogP contribution in [0.5, 0.6) is 0 Å².